The maximum absolute atomic E-state index is 12.2. The summed E-state index contributed by atoms with van der Waals surface area (Å²) in [6, 6.07) is 6.30. The number of hydrogen-bond donors (Lipinski definition) is 1. The monoisotopic (exact) mass is 341 g/mol. The van der Waals surface area contributed by atoms with Crippen LogP contribution in [0.25, 0.3) is 0 Å². The van der Waals surface area contributed by atoms with Gasteiger partial charge in [-0.15, -0.1) is 0 Å². The SMILES string of the molecule is CC(=O)SC1CC(=O)N(C(CC(=O)O)c2cccc(Cl)c2)C1. The van der Waals surface area contributed by atoms with Gasteiger partial charge >= 0.3 is 5.97 Å². The van der Waals surface area contributed by atoms with Gasteiger partial charge in [-0.1, -0.05) is 35.5 Å². The lowest BCUT2D eigenvalue weighted by atomic mass is 10.0. The molecule has 1 saturated heterocycles. The normalized spacial score (nSPS) is 19.3. The van der Waals surface area contributed by atoms with Crippen LogP contribution < -0.4 is 0 Å². The molecule has 1 aromatic carbocycles. The minimum absolute atomic E-state index is 0.0443. The summed E-state index contributed by atoms with van der Waals surface area (Å²) >= 11 is 7.10. The topological polar surface area (TPSA) is 74.7 Å². The maximum Gasteiger partial charge on any atom is 0.305 e. The fourth-order valence-corrected chi connectivity index (χ4v) is 3.73. The number of aliphatic carboxylic acids is 1. The number of halogens is 1. The fraction of sp³-hybridized carbons (Fsp3) is 0.400. The van der Waals surface area contributed by atoms with Gasteiger partial charge < -0.3 is 10.0 Å². The van der Waals surface area contributed by atoms with Gasteiger partial charge in [0.05, 0.1) is 12.5 Å². The molecular weight excluding hydrogens is 326 g/mol. The summed E-state index contributed by atoms with van der Waals surface area (Å²) in [5.41, 5.74) is 0.691. The number of carboxylic acids is 1. The first kappa shape index (κ1) is 16.8. The summed E-state index contributed by atoms with van der Waals surface area (Å²) in [4.78, 5) is 36.1. The smallest absolute Gasteiger partial charge is 0.305 e. The molecule has 2 atom stereocenters. The van der Waals surface area contributed by atoms with Gasteiger partial charge in [0.1, 0.15) is 0 Å². The van der Waals surface area contributed by atoms with Gasteiger partial charge in [0, 0.05) is 30.2 Å². The highest BCUT2D eigenvalue weighted by molar-refractivity contribution is 8.14. The van der Waals surface area contributed by atoms with Gasteiger partial charge in [0.15, 0.2) is 5.12 Å². The maximum atomic E-state index is 12.2. The standard InChI is InChI=1S/C15H16ClNO4S/c1-9(18)22-12-6-14(19)17(8-12)13(7-15(20)21)10-3-2-4-11(16)5-10/h2-5,12-13H,6-8H2,1H3,(H,20,21). The van der Waals surface area contributed by atoms with Crippen molar-refractivity contribution >= 4 is 40.4 Å². The van der Waals surface area contributed by atoms with Crippen molar-refractivity contribution in [2.45, 2.75) is 31.1 Å². The minimum atomic E-state index is -0.986. The molecule has 2 unspecified atom stereocenters. The summed E-state index contributed by atoms with van der Waals surface area (Å²) < 4.78 is 0. The van der Waals surface area contributed by atoms with Gasteiger partial charge in [-0.2, -0.15) is 0 Å². The van der Waals surface area contributed by atoms with Crippen LogP contribution in [0.15, 0.2) is 24.3 Å². The van der Waals surface area contributed by atoms with Gasteiger partial charge in [-0.25, -0.2) is 0 Å². The van der Waals surface area contributed by atoms with Gasteiger partial charge in [-0.3, -0.25) is 14.4 Å². The zero-order valence-corrected chi connectivity index (χ0v) is 13.6. The second-order valence-corrected chi connectivity index (χ2v) is 7.06. The predicted molar refractivity (Wildman–Crippen MR) is 84.8 cm³/mol. The molecule has 1 N–H and O–H groups in total. The van der Waals surface area contributed by atoms with Crippen molar-refractivity contribution in [1.29, 1.82) is 0 Å². The van der Waals surface area contributed by atoms with Crippen LogP contribution in [0.4, 0.5) is 0 Å². The van der Waals surface area contributed by atoms with E-state index in [0.29, 0.717) is 17.1 Å². The van der Waals surface area contributed by atoms with E-state index in [0.717, 1.165) is 11.8 Å². The van der Waals surface area contributed by atoms with Crippen LogP contribution in [0.2, 0.25) is 5.02 Å². The van der Waals surface area contributed by atoms with Crippen LogP contribution in [0.3, 0.4) is 0 Å². The molecule has 22 heavy (non-hydrogen) atoms. The highest BCUT2D eigenvalue weighted by Crippen LogP contribution is 2.34. The molecular formula is C15H16ClNO4S. The van der Waals surface area contributed by atoms with Crippen molar-refractivity contribution < 1.29 is 19.5 Å². The van der Waals surface area contributed by atoms with Crippen molar-refractivity contribution in [1.82, 2.24) is 4.90 Å². The van der Waals surface area contributed by atoms with Crippen LogP contribution in [-0.4, -0.2) is 38.8 Å². The molecule has 1 heterocycles. The van der Waals surface area contributed by atoms with E-state index >= 15 is 0 Å². The first-order valence-electron chi connectivity index (χ1n) is 6.80. The van der Waals surface area contributed by atoms with Crippen LogP contribution in [0.5, 0.6) is 0 Å². The highest BCUT2D eigenvalue weighted by Gasteiger charge is 2.36. The molecule has 5 nitrogen and oxygen atoms in total. The van der Waals surface area contributed by atoms with E-state index in [-0.39, 0.29) is 29.1 Å². The Hall–Kier alpha value is -1.53. The molecule has 0 radical (unpaired) electrons. The Bertz CT molecular complexity index is 607. The zero-order valence-electron chi connectivity index (χ0n) is 12.0. The second kappa shape index (κ2) is 7.15. The summed E-state index contributed by atoms with van der Waals surface area (Å²) in [5.74, 6) is -1.12. The Labute approximate surface area is 137 Å². The number of thioether (sulfide) groups is 1. The molecule has 7 heteroatoms. The number of amides is 1. The van der Waals surface area contributed by atoms with Crippen LogP contribution in [-0.2, 0) is 14.4 Å². The number of carbonyl (C=O) groups excluding carboxylic acids is 2. The highest BCUT2D eigenvalue weighted by atomic mass is 35.5. The number of rotatable bonds is 5. The number of benzene rings is 1. The van der Waals surface area contributed by atoms with E-state index in [1.807, 2.05) is 0 Å². The molecule has 0 spiro atoms. The Morgan fingerprint density at radius 1 is 1.50 bits per heavy atom. The molecule has 1 aliphatic rings. The van der Waals surface area contributed by atoms with Crippen molar-refractivity contribution in [3.05, 3.63) is 34.9 Å². The van der Waals surface area contributed by atoms with Crippen molar-refractivity contribution in [3.8, 4) is 0 Å². The average molecular weight is 342 g/mol. The lowest BCUT2D eigenvalue weighted by Crippen LogP contribution is -2.32. The molecule has 1 fully saturated rings. The lowest BCUT2D eigenvalue weighted by molar-refractivity contribution is -0.140. The molecule has 1 aromatic rings. The Kier molecular flexibility index (Phi) is 5.47. The molecule has 118 valence electrons. The Balaban J connectivity index is 2.24. The third kappa shape index (κ3) is 4.24. The number of carbonyl (C=O) groups is 3. The lowest BCUT2D eigenvalue weighted by Gasteiger charge is -2.27. The number of carboxylic acid groups (broad SMARTS) is 1. The van der Waals surface area contributed by atoms with Crippen LogP contribution >= 0.6 is 23.4 Å². The first-order valence-corrected chi connectivity index (χ1v) is 8.06. The zero-order chi connectivity index (χ0) is 16.3. The molecule has 2 rings (SSSR count). The van der Waals surface area contributed by atoms with E-state index in [2.05, 4.69) is 0 Å². The van der Waals surface area contributed by atoms with Gasteiger partial charge in [0.25, 0.3) is 0 Å². The summed E-state index contributed by atoms with van der Waals surface area (Å²) in [7, 11) is 0. The van der Waals surface area contributed by atoms with E-state index < -0.39 is 12.0 Å². The third-order valence-corrected chi connectivity index (χ3v) is 4.65. The second-order valence-electron chi connectivity index (χ2n) is 5.15. The van der Waals surface area contributed by atoms with E-state index in [1.165, 1.54) is 6.92 Å². The molecule has 1 amide bonds. The third-order valence-electron chi connectivity index (χ3n) is 3.43. The van der Waals surface area contributed by atoms with E-state index in [4.69, 9.17) is 16.7 Å². The van der Waals surface area contributed by atoms with Gasteiger partial charge in [-0.05, 0) is 17.7 Å². The molecule has 0 aliphatic carbocycles. The average Bonchev–Trinajstić information content (AvgIpc) is 2.75. The largest absolute Gasteiger partial charge is 0.481 e. The number of nitrogens with zero attached hydrogens (tertiary/aromatic N) is 1. The Morgan fingerprint density at radius 3 is 2.82 bits per heavy atom. The van der Waals surface area contributed by atoms with Crippen molar-refractivity contribution in [3.63, 3.8) is 0 Å². The van der Waals surface area contributed by atoms with Crippen molar-refractivity contribution in [2.75, 3.05) is 6.54 Å². The Morgan fingerprint density at radius 2 is 2.23 bits per heavy atom. The number of hydrogen-bond acceptors (Lipinski definition) is 4. The number of likely N-dealkylation sites (tertiary alicyclic amines) is 1. The molecule has 0 saturated carbocycles. The predicted octanol–water partition coefficient (Wildman–Crippen LogP) is 2.74. The summed E-state index contributed by atoms with van der Waals surface area (Å²) in [6.07, 6.45) is 0.0600. The quantitative estimate of drug-likeness (QED) is 0.891. The molecule has 0 bridgehead atoms. The van der Waals surface area contributed by atoms with Gasteiger partial charge in [0.2, 0.25) is 5.91 Å². The fourth-order valence-electron chi connectivity index (χ4n) is 2.60. The van der Waals surface area contributed by atoms with E-state index in [1.54, 1.807) is 29.2 Å². The summed E-state index contributed by atoms with van der Waals surface area (Å²) in [6.45, 7) is 1.83. The van der Waals surface area contributed by atoms with E-state index in [9.17, 15) is 14.4 Å². The first-order chi connectivity index (χ1) is 10.4. The van der Waals surface area contributed by atoms with Crippen molar-refractivity contribution in [2.24, 2.45) is 0 Å². The molecule has 0 aromatic heterocycles. The van der Waals surface area contributed by atoms with Crippen LogP contribution in [0, 0.1) is 0 Å². The minimum Gasteiger partial charge on any atom is -0.481 e. The summed E-state index contributed by atoms with van der Waals surface area (Å²) in [5, 5.41) is 9.47. The van der Waals surface area contributed by atoms with Crippen LogP contribution in [0.1, 0.15) is 31.4 Å². The molecule has 1 aliphatic heterocycles.